The van der Waals surface area contributed by atoms with E-state index in [1.807, 2.05) is 6.07 Å². The van der Waals surface area contributed by atoms with Crippen molar-refractivity contribution in [2.24, 2.45) is 10.8 Å². The average molecular weight is 835 g/mol. The summed E-state index contributed by atoms with van der Waals surface area (Å²) < 4.78 is 2.49. The van der Waals surface area contributed by atoms with Crippen LogP contribution in [0.25, 0.3) is 27.4 Å². The Hall–Kier alpha value is -1.68. The van der Waals surface area contributed by atoms with Crippen molar-refractivity contribution >= 4 is 39.0 Å². The fourth-order valence-corrected chi connectivity index (χ4v) is 8.52. The first-order valence-corrected chi connectivity index (χ1v) is 17.3. The van der Waals surface area contributed by atoms with Gasteiger partial charge in [-0.05, 0) is 87.5 Å². The van der Waals surface area contributed by atoms with Gasteiger partial charge < -0.3 is 24.5 Å². The van der Waals surface area contributed by atoms with E-state index in [4.69, 9.17) is 11.6 Å². The number of hydrogen-bond donors (Lipinski definition) is 1. The maximum Gasteiger partial charge on any atom is 0.103 e. The third-order valence-corrected chi connectivity index (χ3v) is 11.3. The van der Waals surface area contributed by atoms with E-state index in [9.17, 15) is 5.11 Å². The van der Waals surface area contributed by atoms with Gasteiger partial charge in [0.05, 0.1) is 10.4 Å². The molecular formula is C44H62ClHfNO-2. The number of aliphatic hydroxyl groups excluding tert-OH is 1. The van der Waals surface area contributed by atoms with Crippen LogP contribution in [0.15, 0.2) is 72.8 Å². The summed E-state index contributed by atoms with van der Waals surface area (Å²) in [4.78, 5) is -0.694. The number of halogens is 1. The number of alkyl halides is 1. The molecule has 5 rings (SSSR count). The second-order valence-electron chi connectivity index (χ2n) is 17.8. The summed E-state index contributed by atoms with van der Waals surface area (Å²) in [6.45, 7) is 27.5. The molecule has 0 amide bonds. The first kappa shape index (κ1) is 42.5. The summed E-state index contributed by atoms with van der Waals surface area (Å²) in [5.41, 5.74) is 6.11. The molecule has 0 spiro atoms. The second-order valence-corrected chi connectivity index (χ2v) is 18.5. The number of rotatable bonds is 5. The molecule has 0 saturated heterocycles. The van der Waals surface area contributed by atoms with E-state index in [0.29, 0.717) is 6.42 Å². The van der Waals surface area contributed by atoms with Crippen LogP contribution in [0.1, 0.15) is 119 Å². The number of fused-ring (bicyclic) bond motifs is 3. The molecular weight excluding hydrogens is 772 g/mol. The predicted molar refractivity (Wildman–Crippen MR) is 209 cm³/mol. The van der Waals surface area contributed by atoms with E-state index >= 15 is 0 Å². The van der Waals surface area contributed by atoms with Crippen molar-refractivity contribution in [3.8, 4) is 0 Å². The zero-order valence-corrected chi connectivity index (χ0v) is 36.7. The molecule has 0 radical (unpaired) electrons. The largest absolute Gasteiger partial charge is 0.386 e. The van der Waals surface area contributed by atoms with E-state index in [-0.39, 0.29) is 62.4 Å². The quantitative estimate of drug-likeness (QED) is 0.121. The summed E-state index contributed by atoms with van der Waals surface area (Å²) in [6.07, 6.45) is 3.79. The van der Waals surface area contributed by atoms with Gasteiger partial charge >= 0.3 is 0 Å². The Labute approximate surface area is 317 Å². The Morgan fingerprint density at radius 1 is 0.750 bits per heavy atom. The predicted octanol–water partition coefficient (Wildman–Crippen LogP) is 12.7. The van der Waals surface area contributed by atoms with Crippen molar-refractivity contribution in [2.75, 3.05) is 0 Å². The van der Waals surface area contributed by atoms with E-state index in [0.717, 1.165) is 35.0 Å². The van der Waals surface area contributed by atoms with Gasteiger partial charge in [-0.25, -0.2) is 0 Å². The van der Waals surface area contributed by atoms with Crippen molar-refractivity contribution < 1.29 is 30.9 Å². The molecule has 4 aromatic rings. The third kappa shape index (κ3) is 7.50. The summed E-state index contributed by atoms with van der Waals surface area (Å²) in [6, 6.07) is 24.3. The zero-order chi connectivity index (χ0) is 33.4. The molecule has 4 heteroatoms. The number of benzene rings is 3. The Morgan fingerprint density at radius 2 is 1.21 bits per heavy atom. The Morgan fingerprint density at radius 3 is 1.60 bits per heavy atom. The second kappa shape index (κ2) is 14.1. The number of aromatic nitrogens is 1. The fraction of sp³-hybridized carbons (Fsp3) is 0.500. The molecule has 0 bridgehead atoms. The summed E-state index contributed by atoms with van der Waals surface area (Å²) in [7, 11) is 0. The first-order chi connectivity index (χ1) is 20.6. The van der Waals surface area contributed by atoms with Crippen LogP contribution in [-0.4, -0.2) is 20.7 Å². The minimum absolute atomic E-state index is 0. The van der Waals surface area contributed by atoms with E-state index in [1.54, 1.807) is 0 Å². The van der Waals surface area contributed by atoms with Crippen LogP contribution < -0.4 is 0 Å². The van der Waals surface area contributed by atoms with Crippen LogP contribution in [-0.2, 0) is 42.2 Å². The van der Waals surface area contributed by atoms with Gasteiger partial charge in [0.15, 0.2) is 0 Å². The molecule has 0 aliphatic heterocycles. The molecule has 3 unspecified atom stereocenters. The smallest absolute Gasteiger partial charge is 0.103 e. The van der Waals surface area contributed by atoms with Gasteiger partial charge in [-0.15, -0.1) is 11.6 Å². The normalized spacial score (nSPS) is 22.0. The standard InChI is InChI=1S/C42H56ClNO.2CH3.Hf/c1-13-41(27-42(43,40(11,12)26-37(2,3)4)25-33(36(41)45)28-17-15-14-16-18-28)44-34-21-19-29(38(5,6)7)23-31(34)32-24-30(39(8,9)10)20-22-35(32)44;;;/h14-25,36,45H,13,26-27H2,1-12H3;2*1H3;/q;2*-1;. The van der Waals surface area contributed by atoms with Gasteiger partial charge in [-0.1, -0.05) is 132 Å². The van der Waals surface area contributed by atoms with Crippen LogP contribution in [0.3, 0.4) is 0 Å². The average Bonchev–Trinajstić information content (AvgIpc) is 3.26. The molecule has 3 atom stereocenters. The first-order valence-electron chi connectivity index (χ1n) is 16.9. The molecule has 1 N–H and O–H groups in total. The number of aliphatic hydroxyl groups is 1. The molecule has 3 aromatic carbocycles. The van der Waals surface area contributed by atoms with Gasteiger partial charge in [0.2, 0.25) is 0 Å². The van der Waals surface area contributed by atoms with E-state index < -0.39 is 16.5 Å². The molecule has 1 aromatic heterocycles. The van der Waals surface area contributed by atoms with Gasteiger partial charge in [0.1, 0.15) is 6.10 Å². The number of hydrogen-bond acceptors (Lipinski definition) is 1. The molecule has 48 heavy (non-hydrogen) atoms. The van der Waals surface area contributed by atoms with Crippen molar-refractivity contribution in [1.29, 1.82) is 0 Å². The molecule has 2 nitrogen and oxygen atoms in total. The number of allylic oxidation sites excluding steroid dienone is 1. The molecule has 0 saturated carbocycles. The van der Waals surface area contributed by atoms with E-state index in [1.165, 1.54) is 21.9 Å². The van der Waals surface area contributed by atoms with Gasteiger partial charge in [0, 0.05) is 47.6 Å². The van der Waals surface area contributed by atoms with Crippen molar-refractivity contribution in [3.05, 3.63) is 104 Å². The summed E-state index contributed by atoms with van der Waals surface area (Å²) >= 11 is 8.03. The summed E-state index contributed by atoms with van der Waals surface area (Å²) in [5.74, 6) is 0. The van der Waals surface area contributed by atoms with E-state index in [2.05, 4.69) is 154 Å². The van der Waals surface area contributed by atoms with Crippen LogP contribution in [0, 0.1) is 25.7 Å². The van der Waals surface area contributed by atoms with Crippen LogP contribution in [0.4, 0.5) is 0 Å². The van der Waals surface area contributed by atoms with Crippen LogP contribution >= 0.6 is 11.6 Å². The molecule has 1 aliphatic carbocycles. The fourth-order valence-electron chi connectivity index (χ4n) is 8.10. The van der Waals surface area contributed by atoms with Gasteiger partial charge in [-0.2, -0.15) is 0 Å². The maximum absolute atomic E-state index is 12.8. The molecule has 0 fully saturated rings. The Bertz CT molecular complexity index is 1670. The molecule has 1 heterocycles. The van der Waals surface area contributed by atoms with Crippen LogP contribution in [0.2, 0.25) is 0 Å². The van der Waals surface area contributed by atoms with Crippen molar-refractivity contribution in [2.45, 2.75) is 130 Å². The monoisotopic (exact) mass is 835 g/mol. The van der Waals surface area contributed by atoms with Crippen LogP contribution in [0.5, 0.6) is 0 Å². The molecule has 262 valence electrons. The third-order valence-electron chi connectivity index (χ3n) is 10.5. The SMILES string of the molecule is CCC1(n2c3ccc(C(C)(C)C)cc3c3cc(C(C)(C)C)ccc32)CC(Cl)(C(C)(C)CC(C)(C)C)C=C(c2ccccc2)C1O.[CH3-].[CH3-].[Hf]. The Balaban J connectivity index is 0.00000267. The molecule has 1 aliphatic rings. The van der Waals surface area contributed by atoms with Crippen molar-refractivity contribution in [1.82, 2.24) is 4.57 Å². The maximum atomic E-state index is 12.8. The number of nitrogens with zero attached hydrogens (tertiary/aromatic N) is 1. The topological polar surface area (TPSA) is 25.2 Å². The summed E-state index contributed by atoms with van der Waals surface area (Å²) in [5, 5.41) is 15.3. The zero-order valence-electron chi connectivity index (χ0n) is 32.4. The minimum atomic E-state index is -0.745. The Kier molecular flexibility index (Phi) is 12.5. The minimum Gasteiger partial charge on any atom is -0.386 e. The van der Waals surface area contributed by atoms with Gasteiger partial charge in [0.25, 0.3) is 0 Å². The van der Waals surface area contributed by atoms with Gasteiger partial charge in [-0.3, -0.25) is 0 Å². The van der Waals surface area contributed by atoms with Crippen molar-refractivity contribution in [3.63, 3.8) is 0 Å².